The zero-order valence-corrected chi connectivity index (χ0v) is 9.90. The third-order valence-electron chi connectivity index (χ3n) is 3.00. The van der Waals surface area contributed by atoms with Crippen LogP contribution in [0.15, 0.2) is 18.2 Å². The highest BCUT2D eigenvalue weighted by atomic mass is 16.2. The van der Waals surface area contributed by atoms with Crippen molar-refractivity contribution in [3.63, 3.8) is 0 Å². The fourth-order valence-corrected chi connectivity index (χ4v) is 1.98. The van der Waals surface area contributed by atoms with Gasteiger partial charge in [-0.05, 0) is 18.6 Å². The second-order valence-electron chi connectivity index (χ2n) is 4.32. The highest BCUT2D eigenvalue weighted by molar-refractivity contribution is 6.00. The van der Waals surface area contributed by atoms with Crippen molar-refractivity contribution >= 4 is 23.2 Å². The van der Waals surface area contributed by atoms with Gasteiger partial charge in [0.05, 0.1) is 16.9 Å². The van der Waals surface area contributed by atoms with Crippen LogP contribution in [0.1, 0.15) is 23.2 Å². The van der Waals surface area contributed by atoms with E-state index in [2.05, 4.69) is 10.6 Å². The number of para-hydroxylation sites is 1. The first-order valence-corrected chi connectivity index (χ1v) is 5.79. The van der Waals surface area contributed by atoms with Crippen molar-refractivity contribution in [2.75, 3.05) is 17.6 Å². The SMILES string of the molecule is NC(=O)c1cccc(NC2CCC(=O)NC2)c1N. The van der Waals surface area contributed by atoms with E-state index in [1.165, 1.54) is 0 Å². The summed E-state index contributed by atoms with van der Waals surface area (Å²) in [6.07, 6.45) is 1.24. The number of rotatable bonds is 3. The number of amides is 2. The van der Waals surface area contributed by atoms with Crippen LogP contribution >= 0.6 is 0 Å². The molecular formula is C12H16N4O2. The minimum Gasteiger partial charge on any atom is -0.396 e. The van der Waals surface area contributed by atoms with Crippen molar-refractivity contribution in [3.05, 3.63) is 23.8 Å². The van der Waals surface area contributed by atoms with Crippen LogP contribution in [-0.2, 0) is 4.79 Å². The number of hydrogen-bond acceptors (Lipinski definition) is 4. The van der Waals surface area contributed by atoms with Crippen molar-refractivity contribution in [2.45, 2.75) is 18.9 Å². The molecule has 1 heterocycles. The monoisotopic (exact) mass is 248 g/mol. The van der Waals surface area contributed by atoms with Crippen LogP contribution in [-0.4, -0.2) is 24.4 Å². The molecule has 0 spiro atoms. The maximum absolute atomic E-state index is 11.2. The third-order valence-corrected chi connectivity index (χ3v) is 3.00. The van der Waals surface area contributed by atoms with Gasteiger partial charge in [0.15, 0.2) is 0 Å². The number of nitrogen functional groups attached to an aromatic ring is 1. The average Bonchev–Trinajstić information content (AvgIpc) is 2.34. The Morgan fingerprint density at radius 1 is 1.44 bits per heavy atom. The molecule has 0 aromatic heterocycles. The number of benzene rings is 1. The molecule has 0 bridgehead atoms. The van der Waals surface area contributed by atoms with E-state index in [0.717, 1.165) is 6.42 Å². The molecule has 6 nitrogen and oxygen atoms in total. The summed E-state index contributed by atoms with van der Waals surface area (Å²) in [6.45, 7) is 0.555. The Kier molecular flexibility index (Phi) is 3.36. The highest BCUT2D eigenvalue weighted by Crippen LogP contribution is 2.24. The summed E-state index contributed by atoms with van der Waals surface area (Å²) in [5.74, 6) is -0.486. The van der Waals surface area contributed by atoms with E-state index in [4.69, 9.17) is 11.5 Å². The second-order valence-corrected chi connectivity index (χ2v) is 4.32. The summed E-state index contributed by atoms with van der Waals surface area (Å²) in [4.78, 5) is 22.2. The minimum absolute atomic E-state index is 0.0620. The van der Waals surface area contributed by atoms with E-state index < -0.39 is 5.91 Å². The lowest BCUT2D eigenvalue weighted by molar-refractivity contribution is -0.122. The summed E-state index contributed by atoms with van der Waals surface area (Å²) in [5.41, 5.74) is 12.4. The van der Waals surface area contributed by atoms with Gasteiger partial charge in [-0.25, -0.2) is 0 Å². The van der Waals surface area contributed by atoms with Crippen molar-refractivity contribution < 1.29 is 9.59 Å². The fraction of sp³-hybridized carbons (Fsp3) is 0.333. The summed E-state index contributed by atoms with van der Waals surface area (Å²) < 4.78 is 0. The van der Waals surface area contributed by atoms with Gasteiger partial charge in [0.1, 0.15) is 0 Å². The predicted molar refractivity (Wildman–Crippen MR) is 69.0 cm³/mol. The number of carbonyl (C=O) groups is 2. The molecule has 1 aromatic carbocycles. The van der Waals surface area contributed by atoms with E-state index in [1.54, 1.807) is 18.2 Å². The van der Waals surface area contributed by atoms with Gasteiger partial charge in [-0.2, -0.15) is 0 Å². The van der Waals surface area contributed by atoms with E-state index in [1.807, 2.05) is 0 Å². The van der Waals surface area contributed by atoms with Gasteiger partial charge in [0.2, 0.25) is 5.91 Å². The molecule has 1 fully saturated rings. The molecule has 6 N–H and O–H groups in total. The molecule has 1 unspecified atom stereocenters. The van der Waals surface area contributed by atoms with Gasteiger partial charge in [0, 0.05) is 19.0 Å². The fourth-order valence-electron chi connectivity index (χ4n) is 1.98. The van der Waals surface area contributed by atoms with Crippen molar-refractivity contribution in [1.29, 1.82) is 0 Å². The Morgan fingerprint density at radius 2 is 2.22 bits per heavy atom. The Morgan fingerprint density at radius 3 is 2.83 bits per heavy atom. The number of primary amides is 1. The van der Waals surface area contributed by atoms with Crippen LogP contribution in [0.4, 0.5) is 11.4 Å². The third kappa shape index (κ3) is 2.53. The minimum atomic E-state index is -0.548. The first-order chi connectivity index (χ1) is 8.58. The Bertz CT molecular complexity index is 477. The predicted octanol–water partition coefficient (Wildman–Crippen LogP) is 0.0582. The zero-order chi connectivity index (χ0) is 13.1. The number of anilines is 2. The quantitative estimate of drug-likeness (QED) is 0.567. The first kappa shape index (κ1) is 12.2. The number of carbonyl (C=O) groups excluding carboxylic acids is 2. The van der Waals surface area contributed by atoms with Crippen LogP contribution in [0.3, 0.4) is 0 Å². The molecule has 1 aliphatic rings. The number of hydrogen-bond donors (Lipinski definition) is 4. The number of nitrogens with two attached hydrogens (primary N) is 2. The molecule has 6 heteroatoms. The lowest BCUT2D eigenvalue weighted by atomic mass is 10.1. The van der Waals surface area contributed by atoms with Crippen LogP contribution in [0.2, 0.25) is 0 Å². The first-order valence-electron chi connectivity index (χ1n) is 5.79. The lowest BCUT2D eigenvalue weighted by Crippen LogP contribution is -2.42. The molecule has 1 atom stereocenters. The topological polar surface area (TPSA) is 110 Å². The molecule has 0 aliphatic carbocycles. The zero-order valence-electron chi connectivity index (χ0n) is 9.90. The molecule has 2 amide bonds. The maximum Gasteiger partial charge on any atom is 0.250 e. The van der Waals surface area contributed by atoms with Gasteiger partial charge in [0.25, 0.3) is 5.91 Å². The molecule has 0 saturated carbocycles. The van der Waals surface area contributed by atoms with E-state index in [9.17, 15) is 9.59 Å². The molecule has 18 heavy (non-hydrogen) atoms. The summed E-state index contributed by atoms with van der Waals surface area (Å²) >= 11 is 0. The summed E-state index contributed by atoms with van der Waals surface area (Å²) in [5, 5.41) is 5.99. The average molecular weight is 248 g/mol. The van der Waals surface area contributed by atoms with Crippen molar-refractivity contribution in [2.24, 2.45) is 5.73 Å². The Labute approximate surface area is 105 Å². The highest BCUT2D eigenvalue weighted by Gasteiger charge is 2.19. The van der Waals surface area contributed by atoms with Gasteiger partial charge < -0.3 is 22.1 Å². The largest absolute Gasteiger partial charge is 0.396 e. The Hall–Kier alpha value is -2.24. The Balaban J connectivity index is 2.12. The van der Waals surface area contributed by atoms with Crippen LogP contribution in [0.5, 0.6) is 0 Å². The number of piperidine rings is 1. The van der Waals surface area contributed by atoms with E-state index >= 15 is 0 Å². The lowest BCUT2D eigenvalue weighted by Gasteiger charge is -2.25. The maximum atomic E-state index is 11.2. The van der Waals surface area contributed by atoms with Crippen LogP contribution < -0.4 is 22.1 Å². The standard InChI is InChI=1S/C12H16N4O2/c13-11-8(12(14)18)2-1-3-9(11)16-7-4-5-10(17)15-6-7/h1-3,7,16H,4-6,13H2,(H2,14,18)(H,15,17). The molecule has 1 saturated heterocycles. The summed E-state index contributed by atoms with van der Waals surface area (Å²) in [6, 6.07) is 5.22. The van der Waals surface area contributed by atoms with Crippen molar-refractivity contribution in [3.8, 4) is 0 Å². The van der Waals surface area contributed by atoms with Gasteiger partial charge >= 0.3 is 0 Å². The number of nitrogens with one attached hydrogen (secondary N) is 2. The molecule has 1 aromatic rings. The van der Waals surface area contributed by atoms with E-state index in [0.29, 0.717) is 29.9 Å². The molecule has 0 radical (unpaired) electrons. The molecule has 1 aliphatic heterocycles. The molecular weight excluding hydrogens is 232 g/mol. The normalized spacial score (nSPS) is 19.1. The smallest absolute Gasteiger partial charge is 0.250 e. The van der Waals surface area contributed by atoms with Gasteiger partial charge in [-0.15, -0.1) is 0 Å². The van der Waals surface area contributed by atoms with Gasteiger partial charge in [-0.1, -0.05) is 6.07 Å². The van der Waals surface area contributed by atoms with Crippen LogP contribution in [0, 0.1) is 0 Å². The summed E-state index contributed by atoms with van der Waals surface area (Å²) in [7, 11) is 0. The molecule has 2 rings (SSSR count). The van der Waals surface area contributed by atoms with Gasteiger partial charge in [-0.3, -0.25) is 9.59 Å². The van der Waals surface area contributed by atoms with Crippen LogP contribution in [0.25, 0.3) is 0 Å². The molecule has 96 valence electrons. The second kappa shape index (κ2) is 4.95. The van der Waals surface area contributed by atoms with E-state index in [-0.39, 0.29) is 11.9 Å². The van der Waals surface area contributed by atoms with Crippen molar-refractivity contribution in [1.82, 2.24) is 5.32 Å².